The second-order valence-electron chi connectivity index (χ2n) is 7.48. The molecule has 1 saturated heterocycles. The molecule has 1 heterocycles. The molecule has 1 aliphatic heterocycles. The van der Waals surface area contributed by atoms with Gasteiger partial charge in [0.15, 0.2) is 5.96 Å². The number of halogens is 1. The molecule has 0 saturated carbocycles. The number of nitrogens with one attached hydrogen (secondary N) is 1. The molecule has 1 aliphatic rings. The Morgan fingerprint density at radius 1 is 1.14 bits per heavy atom. The second kappa shape index (κ2) is 15.0. The van der Waals surface area contributed by atoms with Crippen molar-refractivity contribution in [2.75, 3.05) is 40.5 Å². The van der Waals surface area contributed by atoms with Crippen molar-refractivity contribution in [2.24, 2.45) is 4.99 Å². The highest BCUT2D eigenvalue weighted by Crippen LogP contribution is 2.14. The number of hydrogen-bond acceptors (Lipinski definition) is 4. The fourth-order valence-electron chi connectivity index (χ4n) is 3.22. The molecule has 1 N–H and O–H groups in total. The number of methoxy groups -OCH3 is 1. The lowest BCUT2D eigenvalue weighted by molar-refractivity contribution is 0.00989. The summed E-state index contributed by atoms with van der Waals surface area (Å²) in [6, 6.07) is 8.57. The van der Waals surface area contributed by atoms with E-state index in [-0.39, 0.29) is 30.1 Å². The Labute approximate surface area is 193 Å². The number of piperidine rings is 1. The van der Waals surface area contributed by atoms with Crippen LogP contribution in [0.2, 0.25) is 0 Å². The lowest BCUT2D eigenvalue weighted by Gasteiger charge is -2.34. The van der Waals surface area contributed by atoms with Crippen LogP contribution in [0.5, 0.6) is 0 Å². The molecule has 1 fully saturated rings. The van der Waals surface area contributed by atoms with Crippen LogP contribution in [-0.4, -0.2) is 63.5 Å². The van der Waals surface area contributed by atoms with Crippen LogP contribution in [0.15, 0.2) is 29.3 Å². The van der Waals surface area contributed by atoms with Gasteiger partial charge in [-0.25, -0.2) is 0 Å². The summed E-state index contributed by atoms with van der Waals surface area (Å²) >= 11 is 0. The van der Waals surface area contributed by atoms with Crippen molar-refractivity contribution in [1.82, 2.24) is 10.2 Å². The average molecular weight is 519 g/mol. The van der Waals surface area contributed by atoms with E-state index in [1.54, 1.807) is 7.11 Å². The number of hydrogen-bond donors (Lipinski definition) is 1. The van der Waals surface area contributed by atoms with Gasteiger partial charge in [-0.05, 0) is 44.2 Å². The maximum Gasteiger partial charge on any atom is 0.193 e. The molecule has 0 aliphatic carbocycles. The number of ether oxygens (including phenoxy) is 3. The molecule has 0 bridgehead atoms. The Morgan fingerprint density at radius 2 is 1.79 bits per heavy atom. The molecule has 0 amide bonds. The van der Waals surface area contributed by atoms with Gasteiger partial charge in [-0.15, -0.1) is 24.0 Å². The van der Waals surface area contributed by atoms with Gasteiger partial charge in [-0.3, -0.25) is 4.99 Å². The minimum Gasteiger partial charge on any atom is -0.385 e. The topological polar surface area (TPSA) is 55.3 Å². The Hall–Kier alpha value is -0.900. The highest BCUT2D eigenvalue weighted by Gasteiger charge is 2.21. The number of nitrogens with zero attached hydrogens (tertiary/aromatic N) is 2. The van der Waals surface area contributed by atoms with Crippen LogP contribution in [0.4, 0.5) is 0 Å². The Kier molecular flexibility index (Phi) is 13.5. The lowest BCUT2D eigenvalue weighted by Crippen LogP contribution is -2.46. The standard InChI is InChI=1S/C22H37N3O3.HI/c1-18(2)28-17-20-8-6-19(7-9-20)16-24-22(23-3)25-12-10-21(11-13-25)27-15-5-14-26-4;/h6-9,18,21H,5,10-17H2,1-4H3,(H,23,24);1H. The van der Waals surface area contributed by atoms with E-state index in [1.807, 2.05) is 7.05 Å². The monoisotopic (exact) mass is 519 g/mol. The molecule has 0 atom stereocenters. The summed E-state index contributed by atoms with van der Waals surface area (Å²) in [5, 5.41) is 3.49. The Morgan fingerprint density at radius 3 is 2.38 bits per heavy atom. The molecule has 0 spiro atoms. The molecule has 2 rings (SSSR count). The molecule has 0 unspecified atom stereocenters. The number of benzene rings is 1. The summed E-state index contributed by atoms with van der Waals surface area (Å²) in [7, 11) is 3.58. The van der Waals surface area contributed by atoms with E-state index in [9.17, 15) is 0 Å². The van der Waals surface area contributed by atoms with Crippen LogP contribution < -0.4 is 5.32 Å². The zero-order valence-electron chi connectivity index (χ0n) is 18.4. The zero-order valence-corrected chi connectivity index (χ0v) is 20.7. The van der Waals surface area contributed by atoms with Gasteiger partial charge in [0.2, 0.25) is 0 Å². The first-order chi connectivity index (χ1) is 13.6. The normalized spacial score (nSPS) is 15.5. The average Bonchev–Trinajstić information content (AvgIpc) is 2.72. The lowest BCUT2D eigenvalue weighted by atomic mass is 10.1. The van der Waals surface area contributed by atoms with Crippen molar-refractivity contribution in [3.05, 3.63) is 35.4 Å². The summed E-state index contributed by atoms with van der Waals surface area (Å²) in [6.45, 7) is 9.03. The molecule has 1 aromatic rings. The number of rotatable bonds is 10. The summed E-state index contributed by atoms with van der Waals surface area (Å²) < 4.78 is 16.7. The first kappa shape index (κ1) is 26.1. The van der Waals surface area contributed by atoms with Crippen LogP contribution in [-0.2, 0) is 27.4 Å². The van der Waals surface area contributed by atoms with Crippen LogP contribution in [0.1, 0.15) is 44.2 Å². The van der Waals surface area contributed by atoms with E-state index >= 15 is 0 Å². The van der Waals surface area contributed by atoms with E-state index in [0.29, 0.717) is 12.7 Å². The predicted molar refractivity (Wildman–Crippen MR) is 129 cm³/mol. The third kappa shape index (κ3) is 10.1. The van der Waals surface area contributed by atoms with Gasteiger partial charge < -0.3 is 24.4 Å². The highest BCUT2D eigenvalue weighted by molar-refractivity contribution is 14.0. The van der Waals surface area contributed by atoms with Crippen molar-refractivity contribution < 1.29 is 14.2 Å². The largest absolute Gasteiger partial charge is 0.385 e. The maximum absolute atomic E-state index is 5.94. The minimum absolute atomic E-state index is 0. The van der Waals surface area contributed by atoms with Gasteiger partial charge in [0.25, 0.3) is 0 Å². The molecular weight excluding hydrogens is 481 g/mol. The van der Waals surface area contributed by atoms with Gasteiger partial charge in [-0.1, -0.05) is 24.3 Å². The summed E-state index contributed by atoms with van der Waals surface area (Å²) in [6.07, 6.45) is 3.65. The van der Waals surface area contributed by atoms with E-state index in [2.05, 4.69) is 53.3 Å². The van der Waals surface area contributed by atoms with Gasteiger partial charge in [0.05, 0.1) is 18.8 Å². The number of aliphatic imine (C=N–C) groups is 1. The summed E-state index contributed by atoms with van der Waals surface area (Å²) in [5.41, 5.74) is 2.44. The molecule has 29 heavy (non-hydrogen) atoms. The zero-order chi connectivity index (χ0) is 20.2. The number of likely N-dealkylation sites (tertiary alicyclic amines) is 1. The molecule has 1 aromatic carbocycles. The molecular formula is C22H38IN3O3. The molecule has 7 heteroatoms. The maximum atomic E-state index is 5.94. The quantitative estimate of drug-likeness (QED) is 0.221. The van der Waals surface area contributed by atoms with Crippen LogP contribution in [0.25, 0.3) is 0 Å². The SMILES string of the molecule is CN=C(NCc1ccc(COC(C)C)cc1)N1CCC(OCCCOC)CC1.I. The van der Waals surface area contributed by atoms with E-state index < -0.39 is 0 Å². The van der Waals surface area contributed by atoms with Crippen molar-refractivity contribution in [3.63, 3.8) is 0 Å². The van der Waals surface area contributed by atoms with Crippen molar-refractivity contribution in [1.29, 1.82) is 0 Å². The van der Waals surface area contributed by atoms with Crippen LogP contribution >= 0.6 is 24.0 Å². The fourth-order valence-corrected chi connectivity index (χ4v) is 3.22. The van der Waals surface area contributed by atoms with Crippen molar-refractivity contribution in [3.8, 4) is 0 Å². The smallest absolute Gasteiger partial charge is 0.193 e. The van der Waals surface area contributed by atoms with E-state index in [1.165, 1.54) is 11.1 Å². The third-order valence-electron chi connectivity index (χ3n) is 4.86. The first-order valence-electron chi connectivity index (χ1n) is 10.4. The van der Waals surface area contributed by atoms with Crippen molar-refractivity contribution >= 4 is 29.9 Å². The Balaban J connectivity index is 0.00000420. The van der Waals surface area contributed by atoms with Gasteiger partial charge in [0, 0.05) is 47.0 Å². The second-order valence-corrected chi connectivity index (χ2v) is 7.48. The fraction of sp³-hybridized carbons (Fsp3) is 0.682. The van der Waals surface area contributed by atoms with Gasteiger partial charge in [0.1, 0.15) is 0 Å². The molecule has 6 nitrogen and oxygen atoms in total. The Bertz CT molecular complexity index is 573. The van der Waals surface area contributed by atoms with E-state index in [4.69, 9.17) is 14.2 Å². The molecule has 0 radical (unpaired) electrons. The molecule has 0 aromatic heterocycles. The van der Waals surface area contributed by atoms with Crippen LogP contribution in [0.3, 0.4) is 0 Å². The molecule has 166 valence electrons. The summed E-state index contributed by atoms with van der Waals surface area (Å²) in [5.74, 6) is 0.963. The van der Waals surface area contributed by atoms with Gasteiger partial charge in [-0.2, -0.15) is 0 Å². The predicted octanol–water partition coefficient (Wildman–Crippen LogP) is 3.82. The number of guanidine groups is 1. The third-order valence-corrected chi connectivity index (χ3v) is 4.86. The highest BCUT2D eigenvalue weighted by atomic mass is 127. The van der Waals surface area contributed by atoms with Crippen molar-refractivity contribution in [2.45, 2.75) is 58.5 Å². The van der Waals surface area contributed by atoms with Crippen LogP contribution in [0, 0.1) is 0 Å². The van der Waals surface area contributed by atoms with Gasteiger partial charge >= 0.3 is 0 Å². The summed E-state index contributed by atoms with van der Waals surface area (Å²) in [4.78, 5) is 6.78. The first-order valence-corrected chi connectivity index (χ1v) is 10.4. The minimum atomic E-state index is 0. The van der Waals surface area contributed by atoms with E-state index in [0.717, 1.165) is 58.1 Å².